The Morgan fingerprint density at radius 2 is 2.00 bits per heavy atom. The second kappa shape index (κ2) is 5.50. The van der Waals surface area contributed by atoms with E-state index >= 15 is 0 Å². The molecule has 0 radical (unpaired) electrons. The summed E-state index contributed by atoms with van der Waals surface area (Å²) in [5.74, 6) is 1.77. The van der Waals surface area contributed by atoms with E-state index in [2.05, 4.69) is 20.6 Å². The van der Waals surface area contributed by atoms with Gasteiger partial charge in [0.25, 0.3) is 0 Å². The topological polar surface area (TPSA) is 96.1 Å². The molecule has 0 aromatic carbocycles. The average Bonchev–Trinajstić information content (AvgIpc) is 2.24. The van der Waals surface area contributed by atoms with Crippen molar-refractivity contribution >= 4 is 17.6 Å². The van der Waals surface area contributed by atoms with Gasteiger partial charge in [0.1, 0.15) is 11.6 Å². The maximum atomic E-state index is 9.20. The van der Waals surface area contributed by atoms with E-state index in [1.165, 1.54) is 0 Å². The van der Waals surface area contributed by atoms with Crippen molar-refractivity contribution < 1.29 is 5.11 Å². The molecule has 0 bridgehead atoms. The summed E-state index contributed by atoms with van der Waals surface area (Å²) in [4.78, 5) is 8.04. The quantitative estimate of drug-likeness (QED) is 0.584. The van der Waals surface area contributed by atoms with E-state index in [1.54, 1.807) is 13.1 Å². The predicted molar refractivity (Wildman–Crippen MR) is 65.3 cm³/mol. The highest BCUT2D eigenvalue weighted by Gasteiger charge is 2.13. The number of anilines is 3. The van der Waals surface area contributed by atoms with E-state index in [9.17, 15) is 5.11 Å². The molecular weight excluding hydrogens is 206 g/mol. The van der Waals surface area contributed by atoms with Crippen LogP contribution in [-0.2, 0) is 0 Å². The number of aliphatic hydroxyl groups is 1. The SMILES string of the molecule is CNc1cc(NC(CO)C(C)C)nc(N)n1. The molecule has 0 saturated carbocycles. The Bertz CT molecular complexity index is 342. The monoisotopic (exact) mass is 225 g/mol. The number of rotatable bonds is 5. The molecule has 1 aromatic rings. The van der Waals surface area contributed by atoms with Gasteiger partial charge in [0.05, 0.1) is 12.6 Å². The first-order chi connectivity index (χ1) is 7.56. The molecule has 0 saturated heterocycles. The summed E-state index contributed by atoms with van der Waals surface area (Å²) in [6.07, 6.45) is 0. The van der Waals surface area contributed by atoms with Gasteiger partial charge in [-0.15, -0.1) is 0 Å². The Hall–Kier alpha value is -1.56. The van der Waals surface area contributed by atoms with Crippen LogP contribution in [0.4, 0.5) is 17.6 Å². The van der Waals surface area contributed by atoms with Gasteiger partial charge in [-0.2, -0.15) is 9.97 Å². The highest BCUT2D eigenvalue weighted by molar-refractivity contribution is 5.51. The van der Waals surface area contributed by atoms with E-state index in [-0.39, 0.29) is 18.6 Å². The average molecular weight is 225 g/mol. The zero-order chi connectivity index (χ0) is 12.1. The van der Waals surface area contributed by atoms with Gasteiger partial charge in [0.15, 0.2) is 0 Å². The van der Waals surface area contributed by atoms with E-state index in [1.807, 2.05) is 13.8 Å². The number of nitrogen functional groups attached to an aromatic ring is 1. The summed E-state index contributed by atoms with van der Waals surface area (Å²) in [6.45, 7) is 4.10. The van der Waals surface area contributed by atoms with Crippen molar-refractivity contribution in [3.63, 3.8) is 0 Å². The first-order valence-electron chi connectivity index (χ1n) is 5.26. The van der Waals surface area contributed by atoms with Crippen LogP contribution in [0.15, 0.2) is 6.07 Å². The van der Waals surface area contributed by atoms with Gasteiger partial charge >= 0.3 is 0 Å². The third-order valence-electron chi connectivity index (χ3n) is 2.33. The van der Waals surface area contributed by atoms with E-state index in [0.29, 0.717) is 17.6 Å². The van der Waals surface area contributed by atoms with Crippen molar-refractivity contribution in [3.8, 4) is 0 Å². The molecule has 1 rings (SSSR count). The van der Waals surface area contributed by atoms with Crippen LogP contribution < -0.4 is 16.4 Å². The van der Waals surface area contributed by atoms with Gasteiger partial charge in [0.2, 0.25) is 5.95 Å². The Morgan fingerprint density at radius 1 is 1.38 bits per heavy atom. The number of nitrogens with zero attached hydrogens (tertiary/aromatic N) is 2. The summed E-state index contributed by atoms with van der Waals surface area (Å²) >= 11 is 0. The minimum absolute atomic E-state index is 0.0426. The molecular formula is C10H19N5O. The van der Waals surface area contributed by atoms with Gasteiger partial charge in [-0.1, -0.05) is 13.8 Å². The maximum Gasteiger partial charge on any atom is 0.223 e. The summed E-state index contributed by atoms with van der Waals surface area (Å²) < 4.78 is 0. The molecule has 5 N–H and O–H groups in total. The lowest BCUT2D eigenvalue weighted by atomic mass is 10.1. The lowest BCUT2D eigenvalue weighted by Crippen LogP contribution is -2.30. The molecule has 6 nitrogen and oxygen atoms in total. The van der Waals surface area contributed by atoms with Gasteiger partial charge in [-0.3, -0.25) is 0 Å². The first kappa shape index (κ1) is 12.5. The standard InChI is InChI=1S/C10H19N5O/c1-6(2)7(5-16)13-9-4-8(12-3)14-10(11)15-9/h4,6-7,16H,5H2,1-3H3,(H4,11,12,13,14,15). The fourth-order valence-electron chi connectivity index (χ4n) is 1.28. The van der Waals surface area contributed by atoms with Crippen molar-refractivity contribution in [1.82, 2.24) is 9.97 Å². The molecule has 1 atom stereocenters. The van der Waals surface area contributed by atoms with Crippen LogP contribution in [0.5, 0.6) is 0 Å². The number of nitrogens with one attached hydrogen (secondary N) is 2. The maximum absolute atomic E-state index is 9.20. The number of hydrogen-bond acceptors (Lipinski definition) is 6. The molecule has 16 heavy (non-hydrogen) atoms. The molecule has 6 heteroatoms. The zero-order valence-corrected chi connectivity index (χ0v) is 9.86. The lowest BCUT2D eigenvalue weighted by molar-refractivity contribution is 0.249. The van der Waals surface area contributed by atoms with E-state index in [4.69, 9.17) is 5.73 Å². The molecule has 0 amide bonds. The largest absolute Gasteiger partial charge is 0.394 e. The molecule has 1 heterocycles. The fourth-order valence-corrected chi connectivity index (χ4v) is 1.28. The number of aliphatic hydroxyl groups excluding tert-OH is 1. The number of aromatic nitrogens is 2. The molecule has 0 aliphatic rings. The van der Waals surface area contributed by atoms with Gasteiger partial charge in [-0.05, 0) is 5.92 Å². The minimum atomic E-state index is -0.0426. The van der Waals surface area contributed by atoms with E-state index in [0.717, 1.165) is 0 Å². The van der Waals surface area contributed by atoms with Crippen LogP contribution in [-0.4, -0.2) is 34.8 Å². The Labute approximate surface area is 95.3 Å². The first-order valence-corrected chi connectivity index (χ1v) is 5.26. The Balaban J connectivity index is 2.83. The van der Waals surface area contributed by atoms with Crippen LogP contribution >= 0.6 is 0 Å². The second-order valence-electron chi connectivity index (χ2n) is 3.92. The predicted octanol–water partition coefficient (Wildman–Crippen LogP) is 0.529. The van der Waals surface area contributed by atoms with Gasteiger partial charge in [-0.25, -0.2) is 0 Å². The normalized spacial score (nSPS) is 12.6. The van der Waals surface area contributed by atoms with Gasteiger partial charge in [0, 0.05) is 13.1 Å². The Kier molecular flexibility index (Phi) is 4.30. The molecule has 0 aliphatic carbocycles. The summed E-state index contributed by atoms with van der Waals surface area (Å²) in [5.41, 5.74) is 5.56. The van der Waals surface area contributed by atoms with Crippen molar-refractivity contribution in [2.75, 3.05) is 30.0 Å². The molecule has 0 fully saturated rings. The third kappa shape index (κ3) is 3.23. The lowest BCUT2D eigenvalue weighted by Gasteiger charge is -2.20. The van der Waals surface area contributed by atoms with Crippen molar-refractivity contribution in [1.29, 1.82) is 0 Å². The summed E-state index contributed by atoms with van der Waals surface area (Å²) in [6, 6.07) is 1.71. The van der Waals surface area contributed by atoms with Crippen LogP contribution in [0.25, 0.3) is 0 Å². The minimum Gasteiger partial charge on any atom is -0.394 e. The molecule has 1 aromatic heterocycles. The van der Waals surface area contributed by atoms with Crippen LogP contribution in [0.3, 0.4) is 0 Å². The smallest absolute Gasteiger partial charge is 0.223 e. The van der Waals surface area contributed by atoms with Crippen molar-refractivity contribution in [2.24, 2.45) is 5.92 Å². The Morgan fingerprint density at radius 3 is 2.50 bits per heavy atom. The third-order valence-corrected chi connectivity index (χ3v) is 2.33. The number of hydrogen-bond donors (Lipinski definition) is 4. The zero-order valence-electron chi connectivity index (χ0n) is 9.86. The molecule has 1 unspecified atom stereocenters. The van der Waals surface area contributed by atoms with Crippen LogP contribution in [0.2, 0.25) is 0 Å². The highest BCUT2D eigenvalue weighted by Crippen LogP contribution is 2.15. The van der Waals surface area contributed by atoms with Crippen molar-refractivity contribution in [2.45, 2.75) is 19.9 Å². The van der Waals surface area contributed by atoms with E-state index < -0.39 is 0 Å². The molecule has 0 aliphatic heterocycles. The molecule has 0 spiro atoms. The van der Waals surface area contributed by atoms with Crippen LogP contribution in [0.1, 0.15) is 13.8 Å². The molecule has 90 valence electrons. The highest BCUT2D eigenvalue weighted by atomic mass is 16.3. The van der Waals surface area contributed by atoms with Gasteiger partial charge < -0.3 is 21.5 Å². The van der Waals surface area contributed by atoms with Crippen LogP contribution in [0, 0.1) is 5.92 Å². The summed E-state index contributed by atoms with van der Waals surface area (Å²) in [7, 11) is 1.76. The summed E-state index contributed by atoms with van der Waals surface area (Å²) in [5, 5.41) is 15.2. The second-order valence-corrected chi connectivity index (χ2v) is 3.92. The van der Waals surface area contributed by atoms with Crippen molar-refractivity contribution in [3.05, 3.63) is 6.07 Å². The fraction of sp³-hybridized carbons (Fsp3) is 0.600. The number of nitrogens with two attached hydrogens (primary N) is 1.